The van der Waals surface area contributed by atoms with Crippen molar-refractivity contribution in [3.05, 3.63) is 18.0 Å². The molecule has 0 aliphatic heterocycles. The second kappa shape index (κ2) is 5.66. The van der Waals surface area contributed by atoms with Gasteiger partial charge in [-0.2, -0.15) is 5.10 Å². The summed E-state index contributed by atoms with van der Waals surface area (Å²) in [6.45, 7) is 7.39. The van der Waals surface area contributed by atoms with Crippen molar-refractivity contribution < 1.29 is 0 Å². The molecule has 1 rings (SSSR count). The molecule has 3 nitrogen and oxygen atoms in total. The molecule has 1 unspecified atom stereocenters. The van der Waals surface area contributed by atoms with Gasteiger partial charge in [-0.05, 0) is 33.9 Å². The number of hydrogen-bond acceptors (Lipinski definition) is 2. The van der Waals surface area contributed by atoms with E-state index in [0.717, 1.165) is 17.6 Å². The van der Waals surface area contributed by atoms with E-state index in [1.165, 1.54) is 0 Å². The maximum atomic E-state index is 4.53. The number of hydrogen-bond donors (Lipinski definition) is 0. The van der Waals surface area contributed by atoms with Crippen molar-refractivity contribution in [1.82, 2.24) is 14.7 Å². The van der Waals surface area contributed by atoms with Crippen LogP contribution in [0.3, 0.4) is 0 Å². The van der Waals surface area contributed by atoms with E-state index in [1.807, 2.05) is 10.9 Å². The zero-order chi connectivity index (χ0) is 11.4. The molecule has 15 heavy (non-hydrogen) atoms. The lowest BCUT2D eigenvalue weighted by Gasteiger charge is -2.21. The Bertz CT molecular complexity index is 296. The predicted molar refractivity (Wildman–Crippen MR) is 67.3 cm³/mol. The third kappa shape index (κ3) is 3.61. The fourth-order valence-electron chi connectivity index (χ4n) is 1.28. The average Bonchev–Trinajstić information content (AvgIpc) is 2.65. The standard InChI is InChI=1S/C11H20BrN3/c1-9(2)15-6-5-11(13-15)8-14(4)10(3)7-12/h5-6,9-10H,7-8H2,1-4H3. The Morgan fingerprint density at radius 3 is 2.60 bits per heavy atom. The maximum Gasteiger partial charge on any atom is 0.0764 e. The van der Waals surface area contributed by atoms with Crippen LogP contribution in [0.4, 0.5) is 0 Å². The molecule has 0 bridgehead atoms. The summed E-state index contributed by atoms with van der Waals surface area (Å²) in [5.41, 5.74) is 1.14. The summed E-state index contributed by atoms with van der Waals surface area (Å²) >= 11 is 3.49. The van der Waals surface area contributed by atoms with E-state index in [2.05, 4.69) is 59.8 Å². The average molecular weight is 274 g/mol. The van der Waals surface area contributed by atoms with Crippen LogP contribution in [-0.2, 0) is 6.54 Å². The van der Waals surface area contributed by atoms with Gasteiger partial charge in [0.2, 0.25) is 0 Å². The molecule has 0 radical (unpaired) electrons. The minimum absolute atomic E-state index is 0.442. The molecule has 0 aliphatic carbocycles. The lowest BCUT2D eigenvalue weighted by Crippen LogP contribution is -2.29. The first-order valence-electron chi connectivity index (χ1n) is 5.34. The molecule has 0 saturated heterocycles. The van der Waals surface area contributed by atoms with Crippen molar-refractivity contribution in [1.29, 1.82) is 0 Å². The fraction of sp³-hybridized carbons (Fsp3) is 0.727. The molecule has 4 heteroatoms. The minimum Gasteiger partial charge on any atom is -0.297 e. The number of aromatic nitrogens is 2. The number of nitrogens with zero attached hydrogens (tertiary/aromatic N) is 3. The zero-order valence-electron chi connectivity index (χ0n) is 9.94. The molecule has 0 N–H and O–H groups in total. The van der Waals surface area contributed by atoms with Gasteiger partial charge in [0.05, 0.1) is 5.69 Å². The quantitative estimate of drug-likeness (QED) is 0.770. The molecule has 1 atom stereocenters. The fourth-order valence-corrected chi connectivity index (χ4v) is 1.77. The van der Waals surface area contributed by atoms with E-state index in [9.17, 15) is 0 Å². The summed E-state index contributed by atoms with van der Waals surface area (Å²) in [7, 11) is 2.13. The molecule has 1 heterocycles. The van der Waals surface area contributed by atoms with Gasteiger partial charge in [0.25, 0.3) is 0 Å². The van der Waals surface area contributed by atoms with Crippen LogP contribution in [0.1, 0.15) is 32.5 Å². The summed E-state index contributed by atoms with van der Waals surface area (Å²) in [6, 6.07) is 3.07. The van der Waals surface area contributed by atoms with Crippen LogP contribution in [-0.4, -0.2) is 33.1 Å². The Morgan fingerprint density at radius 2 is 2.13 bits per heavy atom. The van der Waals surface area contributed by atoms with Crippen LogP contribution >= 0.6 is 15.9 Å². The molecule has 0 amide bonds. The van der Waals surface area contributed by atoms with E-state index in [1.54, 1.807) is 0 Å². The van der Waals surface area contributed by atoms with Crippen LogP contribution in [0.2, 0.25) is 0 Å². The van der Waals surface area contributed by atoms with Crippen molar-refractivity contribution >= 4 is 15.9 Å². The van der Waals surface area contributed by atoms with Gasteiger partial charge in [0, 0.05) is 30.2 Å². The van der Waals surface area contributed by atoms with Crippen LogP contribution in [0.15, 0.2) is 12.3 Å². The van der Waals surface area contributed by atoms with E-state index in [-0.39, 0.29) is 0 Å². The number of halogens is 1. The third-order valence-electron chi connectivity index (χ3n) is 2.58. The van der Waals surface area contributed by atoms with Crippen molar-refractivity contribution in [2.45, 2.75) is 39.4 Å². The first kappa shape index (κ1) is 12.7. The van der Waals surface area contributed by atoms with Gasteiger partial charge in [-0.15, -0.1) is 0 Å². The topological polar surface area (TPSA) is 21.1 Å². The van der Waals surface area contributed by atoms with Gasteiger partial charge >= 0.3 is 0 Å². The molecule has 1 aromatic rings. The van der Waals surface area contributed by atoms with E-state index in [0.29, 0.717) is 12.1 Å². The molecule has 0 fully saturated rings. The van der Waals surface area contributed by atoms with Gasteiger partial charge < -0.3 is 0 Å². The molecule has 0 saturated carbocycles. The van der Waals surface area contributed by atoms with Crippen LogP contribution in [0.25, 0.3) is 0 Å². The summed E-state index contributed by atoms with van der Waals surface area (Å²) in [5, 5.41) is 5.52. The van der Waals surface area contributed by atoms with E-state index >= 15 is 0 Å². The van der Waals surface area contributed by atoms with Crippen LogP contribution < -0.4 is 0 Å². The molecule has 0 aromatic carbocycles. The summed E-state index contributed by atoms with van der Waals surface area (Å²) in [6.07, 6.45) is 2.05. The predicted octanol–water partition coefficient (Wildman–Crippen LogP) is 2.68. The lowest BCUT2D eigenvalue weighted by atomic mass is 10.3. The Kier molecular flexibility index (Phi) is 4.80. The minimum atomic E-state index is 0.442. The van der Waals surface area contributed by atoms with Crippen LogP contribution in [0.5, 0.6) is 0 Å². The normalized spacial score (nSPS) is 13.8. The van der Waals surface area contributed by atoms with E-state index in [4.69, 9.17) is 0 Å². The lowest BCUT2D eigenvalue weighted by molar-refractivity contribution is 0.266. The largest absolute Gasteiger partial charge is 0.297 e. The summed E-state index contributed by atoms with van der Waals surface area (Å²) in [4.78, 5) is 2.29. The smallest absolute Gasteiger partial charge is 0.0764 e. The van der Waals surface area contributed by atoms with Gasteiger partial charge in [0.1, 0.15) is 0 Å². The molecule has 1 aromatic heterocycles. The first-order chi connectivity index (χ1) is 7.04. The Hall–Kier alpha value is -0.350. The number of alkyl halides is 1. The molecule has 0 spiro atoms. The van der Waals surface area contributed by atoms with Crippen molar-refractivity contribution in [2.75, 3.05) is 12.4 Å². The van der Waals surface area contributed by atoms with Crippen molar-refractivity contribution in [3.8, 4) is 0 Å². The summed E-state index contributed by atoms with van der Waals surface area (Å²) in [5.74, 6) is 0. The molecule has 0 aliphatic rings. The van der Waals surface area contributed by atoms with Gasteiger partial charge in [-0.1, -0.05) is 15.9 Å². The van der Waals surface area contributed by atoms with E-state index < -0.39 is 0 Å². The van der Waals surface area contributed by atoms with Crippen molar-refractivity contribution in [3.63, 3.8) is 0 Å². The third-order valence-corrected chi connectivity index (χ3v) is 3.52. The number of rotatable bonds is 5. The van der Waals surface area contributed by atoms with Gasteiger partial charge in [0.15, 0.2) is 0 Å². The Labute approximate surface area is 101 Å². The summed E-state index contributed by atoms with van der Waals surface area (Å²) < 4.78 is 2.00. The highest BCUT2D eigenvalue weighted by Gasteiger charge is 2.10. The SMILES string of the molecule is CC(CBr)N(C)Cc1ccn(C(C)C)n1. The van der Waals surface area contributed by atoms with Gasteiger partial charge in [-0.3, -0.25) is 9.58 Å². The maximum absolute atomic E-state index is 4.53. The van der Waals surface area contributed by atoms with Crippen molar-refractivity contribution in [2.24, 2.45) is 0 Å². The van der Waals surface area contributed by atoms with Crippen LogP contribution in [0, 0.1) is 0 Å². The zero-order valence-corrected chi connectivity index (χ0v) is 11.5. The Balaban J connectivity index is 2.57. The first-order valence-corrected chi connectivity index (χ1v) is 6.47. The monoisotopic (exact) mass is 273 g/mol. The highest BCUT2D eigenvalue weighted by Crippen LogP contribution is 2.08. The molecular weight excluding hydrogens is 254 g/mol. The molecule has 86 valence electrons. The van der Waals surface area contributed by atoms with Gasteiger partial charge in [-0.25, -0.2) is 0 Å². The highest BCUT2D eigenvalue weighted by atomic mass is 79.9. The second-order valence-corrected chi connectivity index (χ2v) is 4.95. The Morgan fingerprint density at radius 1 is 1.47 bits per heavy atom. The molecular formula is C11H20BrN3. The second-order valence-electron chi connectivity index (χ2n) is 4.30. The highest BCUT2D eigenvalue weighted by molar-refractivity contribution is 9.09.